The summed E-state index contributed by atoms with van der Waals surface area (Å²) in [4.78, 5) is 10.1. The number of thiazole rings is 1. The zero-order chi connectivity index (χ0) is 24.6. The van der Waals surface area contributed by atoms with Gasteiger partial charge in [0.05, 0.1) is 38.6 Å². The summed E-state index contributed by atoms with van der Waals surface area (Å²) in [6.07, 6.45) is 1.80. The minimum Gasteiger partial charge on any atom is -0.497 e. The van der Waals surface area contributed by atoms with Crippen LogP contribution >= 0.6 is 22.7 Å². The zero-order valence-corrected chi connectivity index (χ0v) is 21.2. The number of fused-ring (bicyclic) bond motifs is 2. The first kappa shape index (κ1) is 22.4. The Balaban J connectivity index is 1.28. The lowest BCUT2D eigenvalue weighted by Crippen LogP contribution is -1.97. The first-order valence-corrected chi connectivity index (χ1v) is 12.6. The summed E-state index contributed by atoms with van der Waals surface area (Å²) in [5.41, 5.74) is 3.13. The van der Waals surface area contributed by atoms with E-state index in [1.807, 2.05) is 47.8 Å². The number of methoxy groups -OCH3 is 3. The molecule has 0 aliphatic heterocycles. The lowest BCUT2D eigenvalue weighted by atomic mass is 10.2. The molecule has 0 spiro atoms. The number of imidazole rings is 1. The number of rotatable bonds is 8. The van der Waals surface area contributed by atoms with Crippen molar-refractivity contribution < 1.29 is 23.4 Å². The zero-order valence-electron chi connectivity index (χ0n) is 19.5. The Morgan fingerprint density at radius 1 is 0.972 bits per heavy atom. The molecule has 4 heterocycles. The van der Waals surface area contributed by atoms with Gasteiger partial charge in [0.15, 0.2) is 5.76 Å². The van der Waals surface area contributed by atoms with Crippen LogP contribution in [0.25, 0.3) is 38.0 Å². The van der Waals surface area contributed by atoms with E-state index in [4.69, 9.17) is 28.3 Å². The minimum atomic E-state index is 0.299. The maximum Gasteiger partial charge on any atom is 0.294 e. The van der Waals surface area contributed by atoms with Crippen molar-refractivity contribution in [3.8, 4) is 44.5 Å². The molecule has 0 saturated heterocycles. The van der Waals surface area contributed by atoms with Crippen LogP contribution in [0.15, 0.2) is 58.5 Å². The molecule has 6 aromatic rings. The molecule has 11 heteroatoms. The quantitative estimate of drug-likeness (QED) is 0.244. The molecule has 0 bridgehead atoms. The fourth-order valence-corrected chi connectivity index (χ4v) is 5.24. The van der Waals surface area contributed by atoms with Gasteiger partial charge in [-0.1, -0.05) is 12.1 Å². The molecule has 0 N–H and O–H groups in total. The first-order valence-electron chi connectivity index (χ1n) is 10.9. The van der Waals surface area contributed by atoms with Crippen LogP contribution in [0.2, 0.25) is 0 Å². The van der Waals surface area contributed by atoms with E-state index in [9.17, 15) is 0 Å². The van der Waals surface area contributed by atoms with Crippen molar-refractivity contribution in [3.05, 3.63) is 59.7 Å². The van der Waals surface area contributed by atoms with Crippen molar-refractivity contribution in [2.75, 3.05) is 21.3 Å². The Kier molecular flexibility index (Phi) is 5.70. The molecule has 0 fully saturated rings. The molecular formula is C25H20N4O5S2. The van der Waals surface area contributed by atoms with Crippen molar-refractivity contribution >= 4 is 38.6 Å². The van der Waals surface area contributed by atoms with Crippen molar-refractivity contribution in [1.29, 1.82) is 0 Å². The fourth-order valence-electron chi connectivity index (χ4n) is 3.74. The monoisotopic (exact) mass is 520 g/mol. The summed E-state index contributed by atoms with van der Waals surface area (Å²) in [5.74, 6) is 2.67. The van der Waals surface area contributed by atoms with Gasteiger partial charge < -0.3 is 23.4 Å². The molecule has 0 radical (unpaired) electrons. The molecular weight excluding hydrogens is 500 g/mol. The van der Waals surface area contributed by atoms with Crippen molar-refractivity contribution in [3.63, 3.8) is 0 Å². The van der Waals surface area contributed by atoms with Crippen LogP contribution in [0, 0.1) is 0 Å². The first-order chi connectivity index (χ1) is 17.6. The Hall–Kier alpha value is -4.09. The minimum absolute atomic E-state index is 0.299. The van der Waals surface area contributed by atoms with Gasteiger partial charge in [-0.25, -0.2) is 14.5 Å². The molecule has 0 unspecified atom stereocenters. The Labute approximate surface area is 213 Å². The van der Waals surface area contributed by atoms with Gasteiger partial charge in [0.25, 0.3) is 5.19 Å². The third-order valence-corrected chi connectivity index (χ3v) is 7.33. The van der Waals surface area contributed by atoms with Gasteiger partial charge in [0, 0.05) is 23.1 Å². The molecule has 2 aromatic carbocycles. The average molecular weight is 521 g/mol. The molecule has 0 atom stereocenters. The molecule has 6 rings (SSSR count). The van der Waals surface area contributed by atoms with Crippen LogP contribution in [-0.4, -0.2) is 40.9 Å². The van der Waals surface area contributed by atoms with Crippen LogP contribution in [0.3, 0.4) is 0 Å². The van der Waals surface area contributed by atoms with Crippen molar-refractivity contribution in [2.45, 2.75) is 6.61 Å². The van der Waals surface area contributed by atoms with E-state index in [1.54, 1.807) is 43.4 Å². The maximum atomic E-state index is 6.19. The number of aromatic nitrogens is 4. The predicted octanol–water partition coefficient (Wildman–Crippen LogP) is 5.93. The summed E-state index contributed by atoms with van der Waals surface area (Å²) in [6, 6.07) is 13.4. The van der Waals surface area contributed by atoms with E-state index in [1.165, 1.54) is 11.3 Å². The van der Waals surface area contributed by atoms with E-state index in [0.717, 1.165) is 27.4 Å². The highest BCUT2D eigenvalue weighted by Gasteiger charge is 2.17. The van der Waals surface area contributed by atoms with Crippen molar-refractivity contribution in [2.24, 2.45) is 0 Å². The highest BCUT2D eigenvalue weighted by Crippen LogP contribution is 2.38. The Morgan fingerprint density at radius 3 is 2.67 bits per heavy atom. The third-order valence-electron chi connectivity index (χ3n) is 5.50. The number of furan rings is 1. The van der Waals surface area contributed by atoms with Crippen LogP contribution in [-0.2, 0) is 6.61 Å². The lowest BCUT2D eigenvalue weighted by Gasteiger charge is -2.08. The summed E-state index contributed by atoms with van der Waals surface area (Å²) in [7, 11) is 4.84. The molecule has 4 aromatic heterocycles. The molecule has 0 aliphatic carbocycles. The number of hydrogen-bond donors (Lipinski definition) is 0. The fraction of sp³-hybridized carbons (Fsp3) is 0.160. The lowest BCUT2D eigenvalue weighted by molar-refractivity contribution is 0.303. The normalized spacial score (nSPS) is 11.3. The largest absolute Gasteiger partial charge is 0.497 e. The van der Waals surface area contributed by atoms with Gasteiger partial charge in [0.1, 0.15) is 40.1 Å². The number of hydrogen-bond acceptors (Lipinski definition) is 10. The summed E-state index contributed by atoms with van der Waals surface area (Å²) in [5, 5.41) is 8.58. The highest BCUT2D eigenvalue weighted by atomic mass is 32.1. The van der Waals surface area contributed by atoms with Crippen LogP contribution in [0.5, 0.6) is 22.4 Å². The summed E-state index contributed by atoms with van der Waals surface area (Å²) in [6.45, 7) is 0.299. The van der Waals surface area contributed by atoms with Crippen LogP contribution < -0.4 is 18.9 Å². The molecule has 182 valence electrons. The van der Waals surface area contributed by atoms with Crippen LogP contribution in [0.4, 0.5) is 0 Å². The van der Waals surface area contributed by atoms with E-state index >= 15 is 0 Å². The third kappa shape index (κ3) is 4.12. The van der Waals surface area contributed by atoms with Crippen LogP contribution in [0.1, 0.15) is 5.69 Å². The predicted molar refractivity (Wildman–Crippen MR) is 138 cm³/mol. The topological polar surface area (TPSA) is 93.1 Å². The van der Waals surface area contributed by atoms with Gasteiger partial charge in [0.2, 0.25) is 4.96 Å². The van der Waals surface area contributed by atoms with Gasteiger partial charge >= 0.3 is 0 Å². The van der Waals surface area contributed by atoms with Gasteiger partial charge in [-0.3, -0.25) is 0 Å². The Bertz CT molecular complexity index is 1650. The van der Waals surface area contributed by atoms with Gasteiger partial charge in [-0.15, -0.1) is 16.4 Å². The van der Waals surface area contributed by atoms with E-state index in [2.05, 4.69) is 10.1 Å². The van der Waals surface area contributed by atoms with E-state index in [0.29, 0.717) is 45.3 Å². The van der Waals surface area contributed by atoms with Crippen molar-refractivity contribution in [1.82, 2.24) is 19.6 Å². The number of nitrogens with zero attached hydrogens (tertiary/aromatic N) is 4. The number of benzene rings is 2. The summed E-state index contributed by atoms with van der Waals surface area (Å²) < 4.78 is 29.9. The Morgan fingerprint density at radius 2 is 1.86 bits per heavy atom. The number of ether oxygens (including phenoxy) is 4. The second-order valence-electron chi connectivity index (χ2n) is 7.74. The second-order valence-corrected chi connectivity index (χ2v) is 9.51. The van der Waals surface area contributed by atoms with E-state index < -0.39 is 0 Å². The van der Waals surface area contributed by atoms with E-state index in [-0.39, 0.29) is 0 Å². The van der Waals surface area contributed by atoms with Gasteiger partial charge in [-0.2, -0.15) is 0 Å². The molecule has 0 saturated carbocycles. The molecule has 0 amide bonds. The standard InChI is InChI=1S/C25H20N4O5S2/c1-30-16-6-4-5-14(7-16)23-26-15(13-35-23)12-33-20-8-17(31-2)9-21-18(20)10-22(34-21)19-11-29-24(27-19)36-25(28-29)32-3/h4-11,13H,12H2,1-3H3. The summed E-state index contributed by atoms with van der Waals surface area (Å²) >= 11 is 2.92. The smallest absolute Gasteiger partial charge is 0.294 e. The maximum absolute atomic E-state index is 6.19. The second kappa shape index (κ2) is 9.17. The highest BCUT2D eigenvalue weighted by molar-refractivity contribution is 7.18. The van der Waals surface area contributed by atoms with Gasteiger partial charge in [-0.05, 0) is 29.5 Å². The molecule has 9 nitrogen and oxygen atoms in total. The SMILES string of the molecule is COc1cccc(-c2nc(COc3cc(OC)cc4oc(-c5cn6nc(OC)sc6n5)cc34)cs2)c1. The average Bonchev–Trinajstić information content (AvgIpc) is 3.69. The molecule has 36 heavy (non-hydrogen) atoms. The molecule has 0 aliphatic rings.